The van der Waals surface area contributed by atoms with Gasteiger partial charge in [0.25, 0.3) is 5.91 Å². The first-order valence-corrected chi connectivity index (χ1v) is 7.03. The smallest absolute Gasteiger partial charge is 0.252 e. The van der Waals surface area contributed by atoms with Crippen LogP contribution >= 0.6 is 0 Å². The second kappa shape index (κ2) is 5.21. The number of carbonyl (C=O) groups excluding carboxylic acids is 1. The summed E-state index contributed by atoms with van der Waals surface area (Å²) in [6.45, 7) is 2.62. The maximum absolute atomic E-state index is 12.4. The summed E-state index contributed by atoms with van der Waals surface area (Å²) < 4.78 is 0. The molecule has 1 aromatic carbocycles. The van der Waals surface area contributed by atoms with Gasteiger partial charge in [-0.3, -0.25) is 9.78 Å². The summed E-state index contributed by atoms with van der Waals surface area (Å²) in [7, 11) is 0. The average molecular weight is 269 g/mol. The summed E-state index contributed by atoms with van der Waals surface area (Å²) in [6.07, 6.45) is 2.02. The Balaban J connectivity index is 1.80. The molecule has 0 saturated heterocycles. The van der Waals surface area contributed by atoms with Crippen molar-refractivity contribution in [3.8, 4) is 0 Å². The van der Waals surface area contributed by atoms with Crippen molar-refractivity contribution >= 4 is 16.8 Å². The maximum atomic E-state index is 12.4. The fourth-order valence-electron chi connectivity index (χ4n) is 2.78. The van der Waals surface area contributed by atoms with E-state index in [0.29, 0.717) is 24.1 Å². The number of nitrogens with two attached hydrogens (primary N) is 1. The molecule has 104 valence electrons. The highest BCUT2D eigenvalue weighted by atomic mass is 16.1. The molecule has 1 aliphatic carbocycles. The van der Waals surface area contributed by atoms with Crippen molar-refractivity contribution < 1.29 is 4.79 Å². The minimum atomic E-state index is -0.0211. The van der Waals surface area contributed by atoms with Gasteiger partial charge in [0.2, 0.25) is 0 Å². The summed E-state index contributed by atoms with van der Waals surface area (Å²) in [5.74, 6) is 0.510. The molecule has 1 aliphatic rings. The molecular formula is C16H19N3O. The van der Waals surface area contributed by atoms with Crippen LogP contribution in [0.5, 0.6) is 0 Å². The molecule has 0 unspecified atom stereocenters. The molecule has 0 radical (unpaired) electrons. The van der Waals surface area contributed by atoms with Crippen molar-refractivity contribution in [2.24, 2.45) is 11.7 Å². The minimum Gasteiger partial charge on any atom is -0.352 e. The van der Waals surface area contributed by atoms with Gasteiger partial charge in [-0.2, -0.15) is 0 Å². The summed E-state index contributed by atoms with van der Waals surface area (Å²) >= 11 is 0. The van der Waals surface area contributed by atoms with Gasteiger partial charge in [-0.25, -0.2) is 0 Å². The van der Waals surface area contributed by atoms with Gasteiger partial charge in [0.05, 0.1) is 11.1 Å². The fourth-order valence-corrected chi connectivity index (χ4v) is 2.78. The number of fused-ring (bicyclic) bond motifs is 1. The first kappa shape index (κ1) is 13.1. The molecule has 2 aromatic rings. The highest BCUT2D eigenvalue weighted by molar-refractivity contribution is 6.06. The van der Waals surface area contributed by atoms with E-state index in [-0.39, 0.29) is 5.91 Å². The molecule has 1 amide bonds. The van der Waals surface area contributed by atoms with Gasteiger partial charge < -0.3 is 11.1 Å². The van der Waals surface area contributed by atoms with E-state index in [1.807, 2.05) is 37.3 Å². The summed E-state index contributed by atoms with van der Waals surface area (Å²) in [5, 5.41) is 3.92. The zero-order valence-electron chi connectivity index (χ0n) is 11.6. The zero-order chi connectivity index (χ0) is 14.1. The third-order valence-corrected chi connectivity index (χ3v) is 3.91. The van der Waals surface area contributed by atoms with Crippen molar-refractivity contribution in [3.63, 3.8) is 0 Å². The number of para-hydroxylation sites is 1. The molecule has 0 atom stereocenters. The Morgan fingerprint density at radius 3 is 2.90 bits per heavy atom. The van der Waals surface area contributed by atoms with Crippen LogP contribution in [0.3, 0.4) is 0 Å². The fraction of sp³-hybridized carbons (Fsp3) is 0.375. The molecular weight excluding hydrogens is 250 g/mol. The molecule has 4 nitrogen and oxygen atoms in total. The number of aromatic nitrogens is 1. The standard InChI is InChI=1S/C16H19N3O/c1-10-6-14(13-4-2-3-5-15(13)19-10)16(20)18-9-11-7-12(17)8-11/h2-6,11-12H,7-9,17H2,1H3,(H,18,20). The largest absolute Gasteiger partial charge is 0.352 e. The molecule has 1 fully saturated rings. The molecule has 1 aromatic heterocycles. The molecule has 0 spiro atoms. The number of benzene rings is 1. The van der Waals surface area contributed by atoms with Crippen molar-refractivity contribution in [1.82, 2.24) is 10.3 Å². The van der Waals surface area contributed by atoms with Gasteiger partial charge in [-0.15, -0.1) is 0 Å². The summed E-state index contributed by atoms with van der Waals surface area (Å²) in [5.41, 5.74) is 8.19. The zero-order valence-corrected chi connectivity index (χ0v) is 11.6. The van der Waals surface area contributed by atoms with Crippen LogP contribution in [0.4, 0.5) is 0 Å². The van der Waals surface area contributed by atoms with Crippen LogP contribution in [0.2, 0.25) is 0 Å². The number of nitrogens with one attached hydrogen (secondary N) is 1. The second-order valence-corrected chi connectivity index (χ2v) is 5.64. The van der Waals surface area contributed by atoms with Gasteiger partial charge >= 0.3 is 0 Å². The lowest BCUT2D eigenvalue weighted by Crippen LogP contribution is -2.42. The summed E-state index contributed by atoms with van der Waals surface area (Å²) in [6, 6.07) is 9.91. The van der Waals surface area contributed by atoms with E-state index < -0.39 is 0 Å². The van der Waals surface area contributed by atoms with Crippen LogP contribution in [0.25, 0.3) is 10.9 Å². The van der Waals surface area contributed by atoms with Gasteiger partial charge in [-0.05, 0) is 37.8 Å². The SMILES string of the molecule is Cc1cc(C(=O)NCC2CC(N)C2)c2ccccc2n1. The topological polar surface area (TPSA) is 68.0 Å². The van der Waals surface area contributed by atoms with Crippen LogP contribution in [0.1, 0.15) is 28.9 Å². The molecule has 0 bridgehead atoms. The Bertz CT molecular complexity index is 647. The Hall–Kier alpha value is -1.94. The molecule has 1 heterocycles. The van der Waals surface area contributed by atoms with E-state index in [1.54, 1.807) is 0 Å². The van der Waals surface area contributed by atoms with E-state index in [4.69, 9.17) is 5.73 Å². The lowest BCUT2D eigenvalue weighted by molar-refractivity contribution is 0.0937. The third-order valence-electron chi connectivity index (χ3n) is 3.91. The minimum absolute atomic E-state index is 0.0211. The van der Waals surface area contributed by atoms with Crippen molar-refractivity contribution in [1.29, 1.82) is 0 Å². The lowest BCUT2D eigenvalue weighted by Gasteiger charge is -2.32. The number of hydrogen-bond acceptors (Lipinski definition) is 3. The van der Waals surface area contributed by atoms with Crippen LogP contribution in [-0.2, 0) is 0 Å². The van der Waals surface area contributed by atoms with Crippen molar-refractivity contribution in [2.45, 2.75) is 25.8 Å². The Morgan fingerprint density at radius 2 is 2.15 bits per heavy atom. The lowest BCUT2D eigenvalue weighted by atomic mass is 9.81. The maximum Gasteiger partial charge on any atom is 0.252 e. The van der Waals surface area contributed by atoms with Crippen LogP contribution in [0.15, 0.2) is 30.3 Å². The Labute approximate surface area is 118 Å². The molecule has 20 heavy (non-hydrogen) atoms. The number of nitrogens with zero attached hydrogens (tertiary/aromatic N) is 1. The quantitative estimate of drug-likeness (QED) is 0.895. The van der Waals surface area contributed by atoms with Crippen molar-refractivity contribution in [2.75, 3.05) is 6.54 Å². The highest BCUT2D eigenvalue weighted by Crippen LogP contribution is 2.25. The molecule has 0 aliphatic heterocycles. The first-order valence-electron chi connectivity index (χ1n) is 7.03. The van der Waals surface area contributed by atoms with Gasteiger partial charge in [-0.1, -0.05) is 18.2 Å². The number of pyridine rings is 1. The predicted molar refractivity (Wildman–Crippen MR) is 79.5 cm³/mol. The molecule has 3 rings (SSSR count). The van der Waals surface area contributed by atoms with E-state index >= 15 is 0 Å². The average Bonchev–Trinajstić information content (AvgIpc) is 2.41. The highest BCUT2D eigenvalue weighted by Gasteiger charge is 2.26. The first-order chi connectivity index (χ1) is 9.63. The monoisotopic (exact) mass is 269 g/mol. The van der Waals surface area contributed by atoms with Gasteiger partial charge in [0.15, 0.2) is 0 Å². The van der Waals surface area contributed by atoms with E-state index in [2.05, 4.69) is 10.3 Å². The number of hydrogen-bond donors (Lipinski definition) is 2. The molecule has 3 N–H and O–H groups in total. The second-order valence-electron chi connectivity index (χ2n) is 5.64. The number of rotatable bonds is 3. The summed E-state index contributed by atoms with van der Waals surface area (Å²) in [4.78, 5) is 16.8. The van der Waals surface area contributed by atoms with E-state index in [9.17, 15) is 4.79 Å². The van der Waals surface area contributed by atoms with Crippen LogP contribution in [-0.4, -0.2) is 23.5 Å². The van der Waals surface area contributed by atoms with Gasteiger partial charge in [0.1, 0.15) is 0 Å². The Morgan fingerprint density at radius 1 is 1.40 bits per heavy atom. The number of carbonyl (C=O) groups is 1. The number of amides is 1. The Kier molecular flexibility index (Phi) is 3.40. The number of aryl methyl sites for hydroxylation is 1. The normalized spacial score (nSPS) is 21.5. The third kappa shape index (κ3) is 2.51. The van der Waals surface area contributed by atoms with E-state index in [0.717, 1.165) is 29.4 Å². The van der Waals surface area contributed by atoms with Crippen LogP contribution in [0, 0.1) is 12.8 Å². The van der Waals surface area contributed by atoms with Crippen LogP contribution < -0.4 is 11.1 Å². The van der Waals surface area contributed by atoms with E-state index in [1.165, 1.54) is 0 Å². The predicted octanol–water partition coefficient (Wildman–Crippen LogP) is 2.01. The molecule has 4 heteroatoms. The van der Waals surface area contributed by atoms with Crippen molar-refractivity contribution in [3.05, 3.63) is 41.6 Å². The van der Waals surface area contributed by atoms with Gasteiger partial charge in [0, 0.05) is 23.7 Å². The molecule has 1 saturated carbocycles.